The Labute approximate surface area is 143 Å². The molecule has 0 fully saturated rings. The highest BCUT2D eigenvalue weighted by Gasteiger charge is 2.37. The number of carbonyl (C=O) groups is 2. The van der Waals surface area contributed by atoms with E-state index in [1.54, 1.807) is 26.0 Å². The molecule has 1 atom stereocenters. The Balaban J connectivity index is 2.74. The Bertz CT molecular complexity index is 752. The zero-order valence-corrected chi connectivity index (χ0v) is 14.2. The molecule has 2 N–H and O–H groups in total. The Hall–Kier alpha value is -1.98. The smallest absolute Gasteiger partial charge is 0.336 e. The predicted molar refractivity (Wildman–Crippen MR) is 87.4 cm³/mol. The van der Waals surface area contributed by atoms with Gasteiger partial charge in [-0.05, 0) is 31.5 Å². The largest absolute Gasteiger partial charge is 0.478 e. The van der Waals surface area contributed by atoms with Crippen molar-refractivity contribution in [2.24, 2.45) is 0 Å². The van der Waals surface area contributed by atoms with Crippen LogP contribution in [0.4, 0.5) is 0 Å². The molecule has 5 nitrogen and oxygen atoms in total. The standard InChI is InChI=1S/C16H15Cl2NO4/c1-7-12(15(20)21)14(10-5-4-9(17)6-11(10)18)13(8(2)19-7)16(22)23-3/h4-6,14,19H,1-3H3,(H,20,21)/t14-/m1/s1. The summed E-state index contributed by atoms with van der Waals surface area (Å²) in [6.45, 7) is 3.32. The van der Waals surface area contributed by atoms with Crippen LogP contribution >= 0.6 is 23.2 Å². The van der Waals surface area contributed by atoms with Gasteiger partial charge in [0, 0.05) is 21.4 Å². The van der Waals surface area contributed by atoms with Gasteiger partial charge in [-0.3, -0.25) is 0 Å². The lowest BCUT2D eigenvalue weighted by atomic mass is 9.80. The zero-order valence-electron chi connectivity index (χ0n) is 12.7. The molecule has 2 rings (SSSR count). The number of rotatable bonds is 3. The molecule has 122 valence electrons. The lowest BCUT2D eigenvalue weighted by Gasteiger charge is -2.29. The van der Waals surface area contributed by atoms with Crippen LogP contribution in [0.1, 0.15) is 25.3 Å². The van der Waals surface area contributed by atoms with Gasteiger partial charge in [0.15, 0.2) is 0 Å². The minimum atomic E-state index is -1.14. The lowest BCUT2D eigenvalue weighted by Crippen LogP contribution is -2.31. The van der Waals surface area contributed by atoms with Gasteiger partial charge >= 0.3 is 11.9 Å². The third-order valence-electron chi connectivity index (χ3n) is 3.67. The first kappa shape index (κ1) is 17.4. The normalized spacial score (nSPS) is 17.9. The maximum Gasteiger partial charge on any atom is 0.336 e. The van der Waals surface area contributed by atoms with Crippen LogP contribution in [0.15, 0.2) is 40.7 Å². The SMILES string of the molecule is COC(=O)C1=C(C)NC(C)=C(C(=O)O)[C@H]1c1ccc(Cl)cc1Cl. The number of ether oxygens (including phenoxy) is 1. The number of methoxy groups -OCH3 is 1. The number of dihydropyridines is 1. The molecule has 23 heavy (non-hydrogen) atoms. The minimum Gasteiger partial charge on any atom is -0.478 e. The van der Waals surface area contributed by atoms with E-state index in [2.05, 4.69) is 5.32 Å². The quantitative estimate of drug-likeness (QED) is 0.811. The number of halogens is 2. The zero-order chi connectivity index (χ0) is 17.3. The lowest BCUT2D eigenvalue weighted by molar-refractivity contribution is -0.136. The van der Waals surface area contributed by atoms with Gasteiger partial charge in [0.1, 0.15) is 0 Å². The highest BCUT2D eigenvalue weighted by Crippen LogP contribution is 2.41. The third-order valence-corrected chi connectivity index (χ3v) is 4.23. The molecule has 0 bridgehead atoms. The Morgan fingerprint density at radius 3 is 2.30 bits per heavy atom. The number of nitrogens with one attached hydrogen (secondary N) is 1. The van der Waals surface area contributed by atoms with Gasteiger partial charge in [-0.25, -0.2) is 9.59 Å². The van der Waals surface area contributed by atoms with Crippen molar-refractivity contribution in [1.82, 2.24) is 5.32 Å². The summed E-state index contributed by atoms with van der Waals surface area (Å²) in [6, 6.07) is 4.73. The first-order valence-corrected chi connectivity index (χ1v) is 7.48. The Morgan fingerprint density at radius 1 is 1.17 bits per heavy atom. The van der Waals surface area contributed by atoms with E-state index in [1.807, 2.05) is 0 Å². The molecule has 0 saturated carbocycles. The molecule has 0 unspecified atom stereocenters. The summed E-state index contributed by atoms with van der Waals surface area (Å²) in [5, 5.41) is 13.2. The van der Waals surface area contributed by atoms with Crippen LogP contribution in [0.5, 0.6) is 0 Å². The summed E-state index contributed by atoms with van der Waals surface area (Å²) in [6.07, 6.45) is 0. The highest BCUT2D eigenvalue weighted by atomic mass is 35.5. The number of benzene rings is 1. The average Bonchev–Trinajstić information content (AvgIpc) is 2.45. The van der Waals surface area contributed by atoms with Crippen molar-refractivity contribution in [3.63, 3.8) is 0 Å². The van der Waals surface area contributed by atoms with E-state index in [0.717, 1.165) is 0 Å². The van der Waals surface area contributed by atoms with Crippen LogP contribution in [-0.2, 0) is 14.3 Å². The van der Waals surface area contributed by atoms with Crippen molar-refractivity contribution in [3.8, 4) is 0 Å². The van der Waals surface area contributed by atoms with E-state index in [4.69, 9.17) is 27.9 Å². The van der Waals surface area contributed by atoms with Crippen LogP contribution in [0, 0.1) is 0 Å². The minimum absolute atomic E-state index is 0.0419. The molecule has 0 aromatic heterocycles. The first-order chi connectivity index (χ1) is 10.8. The molecule has 0 saturated heterocycles. The van der Waals surface area contributed by atoms with Crippen molar-refractivity contribution >= 4 is 35.1 Å². The summed E-state index contributed by atoms with van der Waals surface area (Å²) in [4.78, 5) is 24.0. The number of esters is 1. The van der Waals surface area contributed by atoms with Crippen molar-refractivity contribution in [2.75, 3.05) is 7.11 Å². The van der Waals surface area contributed by atoms with Gasteiger partial charge in [-0.15, -0.1) is 0 Å². The summed E-state index contributed by atoms with van der Waals surface area (Å²) in [5.41, 5.74) is 1.70. The molecule has 7 heteroatoms. The van der Waals surface area contributed by atoms with E-state index < -0.39 is 17.9 Å². The molecule has 1 aliphatic heterocycles. The molecule has 0 amide bonds. The summed E-state index contributed by atoms with van der Waals surface area (Å²) < 4.78 is 4.82. The molecule has 0 radical (unpaired) electrons. The van der Waals surface area contributed by atoms with Crippen LogP contribution in [0.2, 0.25) is 10.0 Å². The van der Waals surface area contributed by atoms with Crippen LogP contribution in [-0.4, -0.2) is 24.2 Å². The van der Waals surface area contributed by atoms with Gasteiger partial charge in [0.2, 0.25) is 0 Å². The molecular weight excluding hydrogens is 341 g/mol. The number of hydrogen-bond acceptors (Lipinski definition) is 4. The van der Waals surface area contributed by atoms with Gasteiger partial charge in [0.05, 0.1) is 24.2 Å². The number of carboxylic acids is 1. The molecule has 1 aliphatic rings. The third kappa shape index (κ3) is 3.21. The van der Waals surface area contributed by atoms with Crippen molar-refractivity contribution in [1.29, 1.82) is 0 Å². The molecule has 0 aliphatic carbocycles. The summed E-state index contributed by atoms with van der Waals surface area (Å²) in [5.74, 6) is -2.59. The number of carbonyl (C=O) groups excluding carboxylic acids is 1. The highest BCUT2D eigenvalue weighted by molar-refractivity contribution is 6.35. The number of hydrogen-bond donors (Lipinski definition) is 2. The Morgan fingerprint density at radius 2 is 1.78 bits per heavy atom. The Kier molecular flexibility index (Phi) is 5.02. The molecule has 1 aromatic carbocycles. The predicted octanol–water partition coefficient (Wildman–Crippen LogP) is 3.49. The van der Waals surface area contributed by atoms with Crippen molar-refractivity contribution in [3.05, 3.63) is 56.3 Å². The molecule has 0 spiro atoms. The van der Waals surface area contributed by atoms with Gasteiger partial charge < -0.3 is 15.2 Å². The second-order valence-electron chi connectivity index (χ2n) is 5.10. The fourth-order valence-corrected chi connectivity index (χ4v) is 3.22. The van der Waals surface area contributed by atoms with Gasteiger partial charge in [-0.2, -0.15) is 0 Å². The van der Waals surface area contributed by atoms with E-state index >= 15 is 0 Å². The van der Waals surface area contributed by atoms with Gasteiger partial charge in [-0.1, -0.05) is 29.3 Å². The van der Waals surface area contributed by atoms with Crippen LogP contribution < -0.4 is 5.32 Å². The number of aliphatic carboxylic acids is 1. The summed E-state index contributed by atoms with van der Waals surface area (Å²) >= 11 is 12.2. The average molecular weight is 356 g/mol. The maximum absolute atomic E-state index is 12.2. The second kappa shape index (κ2) is 6.64. The van der Waals surface area contributed by atoms with Gasteiger partial charge in [0.25, 0.3) is 0 Å². The van der Waals surface area contributed by atoms with Crippen molar-refractivity contribution in [2.45, 2.75) is 19.8 Å². The van der Waals surface area contributed by atoms with Crippen LogP contribution in [0.25, 0.3) is 0 Å². The monoisotopic (exact) mass is 355 g/mol. The number of carboxylic acid groups (broad SMARTS) is 1. The summed E-state index contributed by atoms with van der Waals surface area (Å²) in [7, 11) is 1.24. The van der Waals surface area contributed by atoms with Crippen LogP contribution in [0.3, 0.4) is 0 Å². The van der Waals surface area contributed by atoms with E-state index in [9.17, 15) is 14.7 Å². The fraction of sp³-hybridized carbons (Fsp3) is 0.250. The molecule has 1 heterocycles. The number of allylic oxidation sites excluding steroid dienone is 2. The van der Waals surface area contributed by atoms with E-state index in [1.165, 1.54) is 13.2 Å². The maximum atomic E-state index is 12.2. The second-order valence-corrected chi connectivity index (χ2v) is 5.94. The first-order valence-electron chi connectivity index (χ1n) is 6.73. The van der Waals surface area contributed by atoms with E-state index in [0.29, 0.717) is 22.0 Å². The fourth-order valence-electron chi connectivity index (χ4n) is 2.70. The topological polar surface area (TPSA) is 75.6 Å². The van der Waals surface area contributed by atoms with E-state index in [-0.39, 0.29) is 16.2 Å². The van der Waals surface area contributed by atoms with Crippen molar-refractivity contribution < 1.29 is 19.4 Å². The molecular formula is C16H15Cl2NO4. The molecule has 1 aromatic rings.